The van der Waals surface area contributed by atoms with E-state index in [1.165, 1.54) is 10.8 Å². The van der Waals surface area contributed by atoms with Crippen LogP contribution in [0.2, 0.25) is 0 Å². The van der Waals surface area contributed by atoms with Crippen LogP contribution in [0.5, 0.6) is 0 Å². The molecule has 5 heteroatoms. The molecule has 11 aromatic rings. The molecule has 0 aliphatic heterocycles. The lowest BCUT2D eigenvalue weighted by molar-refractivity contribution is 0.669. The summed E-state index contributed by atoms with van der Waals surface area (Å²) in [7, 11) is 0. The largest absolute Gasteiger partial charge is 0.456 e. The first kappa shape index (κ1) is 31.1. The van der Waals surface area contributed by atoms with Gasteiger partial charge in [-0.3, -0.25) is 9.55 Å². The number of furan rings is 1. The zero-order valence-corrected chi connectivity index (χ0v) is 29.7. The summed E-state index contributed by atoms with van der Waals surface area (Å²) in [4.78, 5) is 11.8. The Balaban J connectivity index is 0.995. The highest BCUT2D eigenvalue weighted by Gasteiger charge is 2.18. The first-order chi connectivity index (χ1) is 27.3. The van der Waals surface area contributed by atoms with E-state index in [4.69, 9.17) is 9.40 Å². The lowest BCUT2D eigenvalue weighted by Crippen LogP contribution is -2.10. The fraction of sp³-hybridized carbons (Fsp3) is 0. The molecule has 0 aliphatic rings. The van der Waals surface area contributed by atoms with Gasteiger partial charge in [0.15, 0.2) is 0 Å². The predicted octanol–water partition coefficient (Wildman–Crippen LogP) is 13.4. The first-order valence-electron chi connectivity index (χ1n) is 18.5. The van der Waals surface area contributed by atoms with Gasteiger partial charge < -0.3 is 9.32 Å². The maximum atomic E-state index is 6.10. The third-order valence-corrected chi connectivity index (χ3v) is 10.7. The van der Waals surface area contributed by atoms with Gasteiger partial charge in [-0.25, -0.2) is 4.98 Å². The number of para-hydroxylation sites is 3. The number of anilines is 3. The summed E-state index contributed by atoms with van der Waals surface area (Å²) in [6, 6.07) is 64.2. The molecule has 0 atom stereocenters. The van der Waals surface area contributed by atoms with Gasteiger partial charge in [-0.15, -0.1) is 0 Å². The minimum Gasteiger partial charge on any atom is -0.456 e. The molecule has 258 valence electrons. The molecule has 5 nitrogen and oxygen atoms in total. The molecule has 11 rings (SSSR count). The van der Waals surface area contributed by atoms with E-state index in [9.17, 15) is 0 Å². The number of hydrogen-bond donors (Lipinski definition) is 0. The van der Waals surface area contributed by atoms with Crippen LogP contribution in [0, 0.1) is 0 Å². The highest BCUT2D eigenvalue weighted by Crippen LogP contribution is 2.41. The fourth-order valence-corrected chi connectivity index (χ4v) is 8.09. The van der Waals surface area contributed by atoms with Crippen molar-refractivity contribution in [3.05, 3.63) is 194 Å². The zero-order valence-electron chi connectivity index (χ0n) is 29.7. The van der Waals surface area contributed by atoms with Gasteiger partial charge in [-0.1, -0.05) is 97.1 Å². The highest BCUT2D eigenvalue weighted by molar-refractivity contribution is 6.10. The Labute approximate surface area is 317 Å². The zero-order chi connectivity index (χ0) is 36.3. The third-order valence-electron chi connectivity index (χ3n) is 10.7. The van der Waals surface area contributed by atoms with Gasteiger partial charge in [0.05, 0.1) is 22.2 Å². The van der Waals surface area contributed by atoms with E-state index in [0.717, 1.165) is 89.0 Å². The van der Waals surface area contributed by atoms with E-state index < -0.39 is 0 Å². The van der Waals surface area contributed by atoms with Crippen molar-refractivity contribution in [3.63, 3.8) is 0 Å². The van der Waals surface area contributed by atoms with E-state index in [-0.39, 0.29) is 0 Å². The maximum absolute atomic E-state index is 6.10. The van der Waals surface area contributed by atoms with E-state index in [2.05, 4.69) is 166 Å². The number of rotatable bonds is 6. The van der Waals surface area contributed by atoms with Crippen LogP contribution in [0.3, 0.4) is 0 Å². The lowest BCUT2D eigenvalue weighted by atomic mass is 10.0. The summed E-state index contributed by atoms with van der Waals surface area (Å²) < 4.78 is 8.35. The van der Waals surface area contributed by atoms with Crippen LogP contribution in [0.25, 0.3) is 82.7 Å². The van der Waals surface area contributed by atoms with Gasteiger partial charge in [0.1, 0.15) is 17.0 Å². The molecule has 0 saturated carbocycles. The number of hydrogen-bond acceptors (Lipinski definition) is 4. The molecular formula is C50H32N4O. The lowest BCUT2D eigenvalue weighted by Gasteiger charge is -2.26. The first-order valence-corrected chi connectivity index (χ1v) is 18.5. The second kappa shape index (κ2) is 12.6. The van der Waals surface area contributed by atoms with E-state index in [1.54, 1.807) is 0 Å². The van der Waals surface area contributed by atoms with Crippen LogP contribution >= 0.6 is 0 Å². The molecule has 0 spiro atoms. The molecule has 0 unspecified atom stereocenters. The Morgan fingerprint density at radius 2 is 1.04 bits per heavy atom. The summed E-state index contributed by atoms with van der Waals surface area (Å²) in [5.74, 6) is 0.912. The van der Waals surface area contributed by atoms with Crippen molar-refractivity contribution in [2.45, 2.75) is 0 Å². The summed E-state index contributed by atoms with van der Waals surface area (Å²) in [6.45, 7) is 0. The van der Waals surface area contributed by atoms with Gasteiger partial charge in [0.2, 0.25) is 0 Å². The molecule has 0 amide bonds. The van der Waals surface area contributed by atoms with Crippen LogP contribution in [-0.2, 0) is 0 Å². The Kier molecular flexibility index (Phi) is 7.10. The van der Waals surface area contributed by atoms with Crippen molar-refractivity contribution >= 4 is 71.7 Å². The van der Waals surface area contributed by atoms with Gasteiger partial charge in [0, 0.05) is 50.7 Å². The van der Waals surface area contributed by atoms with Crippen LogP contribution in [0.4, 0.5) is 17.1 Å². The molecule has 0 saturated heterocycles. The minimum absolute atomic E-state index is 0.899. The fourth-order valence-electron chi connectivity index (χ4n) is 8.09. The molecule has 55 heavy (non-hydrogen) atoms. The minimum atomic E-state index is 0.899. The number of fused-ring (bicyclic) bond motifs is 7. The number of aromatic nitrogens is 3. The van der Waals surface area contributed by atoms with Gasteiger partial charge in [-0.2, -0.15) is 0 Å². The van der Waals surface area contributed by atoms with Crippen molar-refractivity contribution in [2.75, 3.05) is 4.90 Å². The normalized spacial score (nSPS) is 11.6. The van der Waals surface area contributed by atoms with Crippen molar-refractivity contribution < 1.29 is 4.42 Å². The number of benzene rings is 7. The van der Waals surface area contributed by atoms with Crippen molar-refractivity contribution in [1.29, 1.82) is 0 Å². The molecular weight excluding hydrogens is 673 g/mol. The molecule has 0 radical (unpaired) electrons. The third kappa shape index (κ3) is 5.17. The number of pyridine rings is 2. The molecule has 0 bridgehead atoms. The quantitative estimate of drug-likeness (QED) is 0.173. The van der Waals surface area contributed by atoms with Crippen LogP contribution < -0.4 is 4.90 Å². The van der Waals surface area contributed by atoms with Crippen LogP contribution in [0.1, 0.15) is 0 Å². The topological polar surface area (TPSA) is 47.1 Å². The van der Waals surface area contributed by atoms with Gasteiger partial charge >= 0.3 is 0 Å². The molecule has 0 aliphatic carbocycles. The van der Waals surface area contributed by atoms with E-state index >= 15 is 0 Å². The van der Waals surface area contributed by atoms with Crippen molar-refractivity contribution in [1.82, 2.24) is 14.5 Å². The summed E-state index contributed by atoms with van der Waals surface area (Å²) in [5.41, 5.74) is 12.7. The van der Waals surface area contributed by atoms with Gasteiger partial charge in [-0.05, 0) is 107 Å². The molecule has 4 aromatic heterocycles. The molecule has 4 heterocycles. The Bertz CT molecular complexity index is 3190. The average Bonchev–Trinajstić information content (AvgIpc) is 3.80. The van der Waals surface area contributed by atoms with Crippen LogP contribution in [-0.4, -0.2) is 14.5 Å². The number of nitrogens with zero attached hydrogens (tertiary/aromatic N) is 4. The smallest absolute Gasteiger partial charge is 0.137 e. The van der Waals surface area contributed by atoms with E-state index in [0.29, 0.717) is 0 Å². The second-order valence-corrected chi connectivity index (χ2v) is 13.9. The Morgan fingerprint density at radius 3 is 1.82 bits per heavy atom. The average molecular weight is 705 g/mol. The molecule has 0 N–H and O–H groups in total. The van der Waals surface area contributed by atoms with Crippen molar-refractivity contribution in [3.8, 4) is 28.1 Å². The van der Waals surface area contributed by atoms with Crippen LogP contribution in [0.15, 0.2) is 199 Å². The SMILES string of the molecule is c1ccc(-n2c3ccccc3c3cc(-c4ccc(N(c5ccc(-c6ccc7oc8ccccc8c7c6)cc5)c5cccc6cccnc56)cc4)ccc32)nc1. The molecule has 0 fully saturated rings. The highest BCUT2D eigenvalue weighted by atomic mass is 16.3. The standard InChI is InChI=1S/C50H32N4O/c1-3-13-44-40(11-1)42-31-36(21-27-45(42)54(44)49-16-5-6-29-51-49)33-17-23-38(24-18-33)53(46-14-7-9-35-10-8-30-52-50(35)46)39-25-19-34(20-26-39)37-22-28-48-43(32-37)41-12-2-4-15-47(41)55-48/h1-32H. The van der Waals surface area contributed by atoms with Gasteiger partial charge in [0.25, 0.3) is 0 Å². The maximum Gasteiger partial charge on any atom is 0.137 e. The second-order valence-electron chi connectivity index (χ2n) is 13.9. The summed E-state index contributed by atoms with van der Waals surface area (Å²) >= 11 is 0. The Hall–Kier alpha value is -7.50. The summed E-state index contributed by atoms with van der Waals surface area (Å²) in [5, 5.41) is 5.75. The van der Waals surface area contributed by atoms with Crippen molar-refractivity contribution in [2.24, 2.45) is 0 Å². The summed E-state index contributed by atoms with van der Waals surface area (Å²) in [6.07, 6.45) is 3.72. The van der Waals surface area contributed by atoms with E-state index in [1.807, 2.05) is 42.7 Å². The molecule has 7 aromatic carbocycles. The predicted molar refractivity (Wildman–Crippen MR) is 227 cm³/mol. The monoisotopic (exact) mass is 704 g/mol. The Morgan fingerprint density at radius 1 is 0.418 bits per heavy atom.